The summed E-state index contributed by atoms with van der Waals surface area (Å²) in [4.78, 5) is 0. The zero-order valence-corrected chi connectivity index (χ0v) is 10.3. The van der Waals surface area contributed by atoms with E-state index < -0.39 is 0 Å². The van der Waals surface area contributed by atoms with Crippen molar-refractivity contribution in [3.05, 3.63) is 47.3 Å². The Kier molecular flexibility index (Phi) is 4.69. The lowest BCUT2D eigenvalue weighted by atomic mass is 9.99. The fourth-order valence-electron chi connectivity index (χ4n) is 1.70. The van der Waals surface area contributed by atoms with Crippen molar-refractivity contribution in [1.82, 2.24) is 5.32 Å². The van der Waals surface area contributed by atoms with Crippen LogP contribution < -0.4 is 5.32 Å². The molecule has 0 aliphatic carbocycles. The predicted molar refractivity (Wildman–Crippen MR) is 67.0 cm³/mol. The second-order valence-electron chi connectivity index (χ2n) is 4.26. The first kappa shape index (κ1) is 12.9. The summed E-state index contributed by atoms with van der Waals surface area (Å²) in [6.45, 7) is 10.7. The fourth-order valence-corrected chi connectivity index (χ4v) is 1.70. The number of halogens is 1. The maximum atomic E-state index is 13.8. The molecule has 2 heteroatoms. The average Bonchev–Trinajstić information content (AvgIpc) is 2.20. The number of benzene rings is 1. The Balaban J connectivity index is 2.96. The Hall–Kier alpha value is -1.15. The SMILES string of the molecule is C=C(C)C(NCCC)c1ccc(C)cc1F. The van der Waals surface area contributed by atoms with Crippen LogP contribution in [0.1, 0.15) is 37.4 Å². The van der Waals surface area contributed by atoms with Crippen molar-refractivity contribution in [2.45, 2.75) is 33.2 Å². The summed E-state index contributed by atoms with van der Waals surface area (Å²) in [7, 11) is 0. The molecule has 0 bridgehead atoms. The Morgan fingerprint density at radius 2 is 2.19 bits per heavy atom. The lowest BCUT2D eigenvalue weighted by Gasteiger charge is -2.20. The molecule has 0 saturated carbocycles. The summed E-state index contributed by atoms with van der Waals surface area (Å²) in [6.07, 6.45) is 1.03. The minimum Gasteiger partial charge on any atom is -0.306 e. The van der Waals surface area contributed by atoms with Crippen molar-refractivity contribution in [3.63, 3.8) is 0 Å². The van der Waals surface area contributed by atoms with Crippen molar-refractivity contribution in [2.24, 2.45) is 0 Å². The van der Waals surface area contributed by atoms with Gasteiger partial charge in [-0.3, -0.25) is 0 Å². The molecule has 1 aromatic carbocycles. The minimum absolute atomic E-state index is 0.0828. The highest BCUT2D eigenvalue weighted by Gasteiger charge is 2.15. The molecule has 88 valence electrons. The molecular weight excluding hydrogens is 201 g/mol. The number of rotatable bonds is 5. The van der Waals surface area contributed by atoms with E-state index in [1.54, 1.807) is 6.07 Å². The standard InChI is InChI=1S/C14H20FN/c1-5-8-16-14(10(2)3)12-7-6-11(4)9-13(12)15/h6-7,9,14,16H,2,5,8H2,1,3-4H3. The molecule has 1 unspecified atom stereocenters. The molecule has 0 aliphatic rings. The van der Waals surface area contributed by atoms with Gasteiger partial charge < -0.3 is 5.32 Å². The molecule has 0 aliphatic heterocycles. The number of nitrogens with one attached hydrogen (secondary N) is 1. The number of hydrogen-bond acceptors (Lipinski definition) is 1. The summed E-state index contributed by atoms with van der Waals surface area (Å²) >= 11 is 0. The van der Waals surface area contributed by atoms with E-state index in [0.717, 1.165) is 24.1 Å². The third-order valence-corrected chi connectivity index (χ3v) is 2.56. The third kappa shape index (κ3) is 3.17. The van der Waals surface area contributed by atoms with Gasteiger partial charge in [-0.25, -0.2) is 4.39 Å². The molecule has 1 nitrogen and oxygen atoms in total. The first-order valence-electron chi connectivity index (χ1n) is 5.71. The molecule has 1 rings (SSSR count). The van der Waals surface area contributed by atoms with E-state index in [1.807, 2.05) is 26.0 Å². The van der Waals surface area contributed by atoms with Gasteiger partial charge in [0.15, 0.2) is 0 Å². The van der Waals surface area contributed by atoms with E-state index in [-0.39, 0.29) is 11.9 Å². The molecule has 0 saturated heterocycles. The van der Waals surface area contributed by atoms with Crippen LogP contribution in [0.15, 0.2) is 30.4 Å². The summed E-state index contributed by atoms with van der Waals surface area (Å²) in [5, 5.41) is 3.31. The van der Waals surface area contributed by atoms with Crippen LogP contribution in [0.5, 0.6) is 0 Å². The second-order valence-corrected chi connectivity index (χ2v) is 4.26. The van der Waals surface area contributed by atoms with E-state index in [1.165, 1.54) is 0 Å². The molecule has 16 heavy (non-hydrogen) atoms. The second kappa shape index (κ2) is 5.80. The Morgan fingerprint density at radius 3 is 2.69 bits per heavy atom. The van der Waals surface area contributed by atoms with Crippen molar-refractivity contribution in [2.75, 3.05) is 6.54 Å². The van der Waals surface area contributed by atoms with Gasteiger partial charge >= 0.3 is 0 Å². The van der Waals surface area contributed by atoms with Gasteiger partial charge in [-0.05, 0) is 38.4 Å². The van der Waals surface area contributed by atoms with Crippen LogP contribution in [0.25, 0.3) is 0 Å². The molecular formula is C14H20FN. The first-order valence-corrected chi connectivity index (χ1v) is 5.71. The Morgan fingerprint density at radius 1 is 1.50 bits per heavy atom. The topological polar surface area (TPSA) is 12.0 Å². The average molecular weight is 221 g/mol. The minimum atomic E-state index is -0.156. The summed E-state index contributed by atoms with van der Waals surface area (Å²) in [5.74, 6) is -0.156. The van der Waals surface area contributed by atoms with Gasteiger partial charge in [0.2, 0.25) is 0 Å². The highest BCUT2D eigenvalue weighted by atomic mass is 19.1. The molecule has 0 aromatic heterocycles. The smallest absolute Gasteiger partial charge is 0.128 e. The highest BCUT2D eigenvalue weighted by Crippen LogP contribution is 2.23. The number of hydrogen-bond donors (Lipinski definition) is 1. The molecule has 1 N–H and O–H groups in total. The molecule has 0 heterocycles. The maximum Gasteiger partial charge on any atom is 0.128 e. The van der Waals surface area contributed by atoms with E-state index in [0.29, 0.717) is 5.56 Å². The molecule has 0 amide bonds. The van der Waals surface area contributed by atoms with Gasteiger partial charge in [0.05, 0.1) is 6.04 Å². The van der Waals surface area contributed by atoms with E-state index in [4.69, 9.17) is 0 Å². The Labute approximate surface area is 97.4 Å². The first-order chi connectivity index (χ1) is 7.56. The monoisotopic (exact) mass is 221 g/mol. The van der Waals surface area contributed by atoms with Crippen molar-refractivity contribution in [1.29, 1.82) is 0 Å². The van der Waals surface area contributed by atoms with Gasteiger partial charge in [0.25, 0.3) is 0 Å². The van der Waals surface area contributed by atoms with Crippen LogP contribution >= 0.6 is 0 Å². The molecule has 1 aromatic rings. The van der Waals surface area contributed by atoms with Crippen molar-refractivity contribution < 1.29 is 4.39 Å². The fraction of sp³-hybridized carbons (Fsp3) is 0.429. The summed E-state index contributed by atoms with van der Waals surface area (Å²) in [6, 6.07) is 5.26. The quantitative estimate of drug-likeness (QED) is 0.747. The van der Waals surface area contributed by atoms with Crippen LogP contribution in [0, 0.1) is 12.7 Å². The van der Waals surface area contributed by atoms with Crippen molar-refractivity contribution in [3.8, 4) is 0 Å². The third-order valence-electron chi connectivity index (χ3n) is 2.56. The van der Waals surface area contributed by atoms with Gasteiger partial charge in [0.1, 0.15) is 5.82 Å². The van der Waals surface area contributed by atoms with E-state index >= 15 is 0 Å². The summed E-state index contributed by atoms with van der Waals surface area (Å²) < 4.78 is 13.8. The lowest BCUT2D eigenvalue weighted by Crippen LogP contribution is -2.23. The van der Waals surface area contributed by atoms with E-state index in [2.05, 4.69) is 18.8 Å². The van der Waals surface area contributed by atoms with Crippen LogP contribution in [0.4, 0.5) is 4.39 Å². The van der Waals surface area contributed by atoms with Crippen LogP contribution in [-0.4, -0.2) is 6.54 Å². The predicted octanol–water partition coefficient (Wildman–Crippen LogP) is 3.75. The molecule has 0 spiro atoms. The van der Waals surface area contributed by atoms with Gasteiger partial charge in [-0.15, -0.1) is 0 Å². The molecule has 1 atom stereocenters. The van der Waals surface area contributed by atoms with Gasteiger partial charge in [0, 0.05) is 5.56 Å². The zero-order valence-electron chi connectivity index (χ0n) is 10.3. The Bertz CT molecular complexity index is 371. The summed E-state index contributed by atoms with van der Waals surface area (Å²) in [5.41, 5.74) is 2.57. The normalized spacial score (nSPS) is 12.5. The van der Waals surface area contributed by atoms with Crippen LogP contribution in [0.3, 0.4) is 0 Å². The van der Waals surface area contributed by atoms with Gasteiger partial charge in [-0.2, -0.15) is 0 Å². The lowest BCUT2D eigenvalue weighted by molar-refractivity contribution is 0.541. The molecule has 0 radical (unpaired) electrons. The largest absolute Gasteiger partial charge is 0.306 e. The van der Waals surface area contributed by atoms with Crippen LogP contribution in [0.2, 0.25) is 0 Å². The number of aryl methyl sites for hydroxylation is 1. The van der Waals surface area contributed by atoms with Gasteiger partial charge in [-0.1, -0.05) is 31.2 Å². The van der Waals surface area contributed by atoms with E-state index in [9.17, 15) is 4.39 Å². The molecule has 0 fully saturated rings. The zero-order chi connectivity index (χ0) is 12.1. The van der Waals surface area contributed by atoms with Crippen LogP contribution in [-0.2, 0) is 0 Å². The highest BCUT2D eigenvalue weighted by molar-refractivity contribution is 5.30. The van der Waals surface area contributed by atoms with Crippen molar-refractivity contribution >= 4 is 0 Å². The maximum absolute atomic E-state index is 13.8.